The Hall–Kier alpha value is -2.21. The van der Waals surface area contributed by atoms with Crippen molar-refractivity contribution in [3.63, 3.8) is 0 Å². The SMILES string of the molecule is C=CCNC(=O)c1cc(C(=O)N2CCN(C)CC2)ccn1. The molecule has 1 aromatic rings. The summed E-state index contributed by atoms with van der Waals surface area (Å²) in [4.78, 5) is 32.3. The van der Waals surface area contributed by atoms with Crippen LogP contribution in [-0.2, 0) is 0 Å². The highest BCUT2D eigenvalue weighted by Crippen LogP contribution is 2.09. The lowest BCUT2D eigenvalue weighted by Gasteiger charge is -2.32. The quantitative estimate of drug-likeness (QED) is 0.814. The second kappa shape index (κ2) is 6.99. The van der Waals surface area contributed by atoms with Gasteiger partial charge in [-0.05, 0) is 19.2 Å². The minimum atomic E-state index is -0.303. The molecule has 1 N–H and O–H groups in total. The third-order valence-corrected chi connectivity index (χ3v) is 3.44. The molecule has 0 radical (unpaired) electrons. The monoisotopic (exact) mass is 288 g/mol. The number of rotatable bonds is 4. The zero-order valence-electron chi connectivity index (χ0n) is 12.2. The third kappa shape index (κ3) is 3.88. The number of nitrogens with zero attached hydrogens (tertiary/aromatic N) is 3. The van der Waals surface area contributed by atoms with Crippen molar-refractivity contribution in [2.75, 3.05) is 39.8 Å². The van der Waals surface area contributed by atoms with Crippen LogP contribution in [0.2, 0.25) is 0 Å². The summed E-state index contributed by atoms with van der Waals surface area (Å²) >= 11 is 0. The lowest BCUT2D eigenvalue weighted by Crippen LogP contribution is -2.47. The molecule has 21 heavy (non-hydrogen) atoms. The lowest BCUT2D eigenvalue weighted by molar-refractivity contribution is 0.0664. The Bertz CT molecular complexity index is 536. The third-order valence-electron chi connectivity index (χ3n) is 3.44. The molecule has 2 heterocycles. The van der Waals surface area contributed by atoms with E-state index in [0.717, 1.165) is 13.1 Å². The van der Waals surface area contributed by atoms with Gasteiger partial charge in [0.05, 0.1) is 0 Å². The number of carbonyl (C=O) groups excluding carboxylic acids is 2. The highest BCUT2D eigenvalue weighted by Gasteiger charge is 2.21. The van der Waals surface area contributed by atoms with E-state index in [1.54, 1.807) is 23.1 Å². The van der Waals surface area contributed by atoms with Gasteiger partial charge in [0.25, 0.3) is 11.8 Å². The first kappa shape index (κ1) is 15.2. The summed E-state index contributed by atoms with van der Waals surface area (Å²) in [6.07, 6.45) is 3.09. The van der Waals surface area contributed by atoms with Crippen molar-refractivity contribution in [3.8, 4) is 0 Å². The maximum Gasteiger partial charge on any atom is 0.270 e. The van der Waals surface area contributed by atoms with E-state index in [1.165, 1.54) is 6.20 Å². The molecule has 0 unspecified atom stereocenters. The van der Waals surface area contributed by atoms with Gasteiger partial charge in [0.1, 0.15) is 5.69 Å². The van der Waals surface area contributed by atoms with Crippen molar-refractivity contribution in [1.29, 1.82) is 0 Å². The first-order valence-electron chi connectivity index (χ1n) is 6.95. The van der Waals surface area contributed by atoms with Crippen molar-refractivity contribution in [3.05, 3.63) is 42.2 Å². The fraction of sp³-hybridized carbons (Fsp3) is 0.400. The molecule has 6 heteroatoms. The number of hydrogen-bond donors (Lipinski definition) is 1. The van der Waals surface area contributed by atoms with Crippen LogP contribution in [0.1, 0.15) is 20.8 Å². The van der Waals surface area contributed by atoms with E-state index in [1.807, 2.05) is 7.05 Å². The van der Waals surface area contributed by atoms with Gasteiger partial charge in [-0.15, -0.1) is 6.58 Å². The van der Waals surface area contributed by atoms with Gasteiger partial charge in [-0.3, -0.25) is 14.6 Å². The Balaban J connectivity index is 2.07. The largest absolute Gasteiger partial charge is 0.347 e. The predicted octanol–water partition coefficient (Wildman–Crippen LogP) is 0.385. The van der Waals surface area contributed by atoms with E-state index >= 15 is 0 Å². The van der Waals surface area contributed by atoms with Crippen LogP contribution in [-0.4, -0.2) is 66.4 Å². The van der Waals surface area contributed by atoms with Crippen LogP contribution < -0.4 is 5.32 Å². The van der Waals surface area contributed by atoms with Crippen LogP contribution in [0.4, 0.5) is 0 Å². The highest BCUT2D eigenvalue weighted by molar-refractivity contribution is 5.98. The Labute approximate surface area is 124 Å². The summed E-state index contributed by atoms with van der Waals surface area (Å²) in [5, 5.41) is 2.65. The van der Waals surface area contributed by atoms with Gasteiger partial charge in [-0.25, -0.2) is 0 Å². The van der Waals surface area contributed by atoms with Gasteiger partial charge in [0, 0.05) is 44.5 Å². The van der Waals surface area contributed by atoms with E-state index in [4.69, 9.17) is 0 Å². The van der Waals surface area contributed by atoms with Crippen molar-refractivity contribution < 1.29 is 9.59 Å². The van der Waals surface area contributed by atoms with Gasteiger partial charge in [0.15, 0.2) is 0 Å². The molecule has 1 aliphatic heterocycles. The maximum atomic E-state index is 12.4. The zero-order valence-corrected chi connectivity index (χ0v) is 12.2. The van der Waals surface area contributed by atoms with Gasteiger partial charge in [-0.2, -0.15) is 0 Å². The Morgan fingerprint density at radius 1 is 1.38 bits per heavy atom. The van der Waals surface area contributed by atoms with Gasteiger partial charge in [0.2, 0.25) is 0 Å². The number of carbonyl (C=O) groups is 2. The Morgan fingerprint density at radius 2 is 2.10 bits per heavy atom. The van der Waals surface area contributed by atoms with Crippen molar-refractivity contribution in [2.24, 2.45) is 0 Å². The number of amides is 2. The molecule has 1 aromatic heterocycles. The lowest BCUT2D eigenvalue weighted by atomic mass is 10.2. The number of hydrogen-bond acceptors (Lipinski definition) is 4. The number of likely N-dealkylation sites (N-methyl/N-ethyl adjacent to an activating group) is 1. The smallest absolute Gasteiger partial charge is 0.270 e. The summed E-state index contributed by atoms with van der Waals surface area (Å²) in [7, 11) is 2.04. The van der Waals surface area contributed by atoms with E-state index < -0.39 is 0 Å². The topological polar surface area (TPSA) is 65.5 Å². The molecule has 0 aliphatic carbocycles. The first-order chi connectivity index (χ1) is 10.1. The van der Waals surface area contributed by atoms with Crippen LogP contribution in [0.15, 0.2) is 31.0 Å². The van der Waals surface area contributed by atoms with E-state index in [2.05, 4.69) is 21.8 Å². The molecule has 0 bridgehead atoms. The van der Waals surface area contributed by atoms with Gasteiger partial charge < -0.3 is 15.1 Å². The van der Waals surface area contributed by atoms with Gasteiger partial charge in [-0.1, -0.05) is 6.08 Å². The normalized spacial score (nSPS) is 15.6. The molecule has 0 saturated carbocycles. The summed E-state index contributed by atoms with van der Waals surface area (Å²) in [5.74, 6) is -0.355. The number of aromatic nitrogens is 1. The van der Waals surface area contributed by atoms with Crippen molar-refractivity contribution in [1.82, 2.24) is 20.1 Å². The van der Waals surface area contributed by atoms with E-state index in [9.17, 15) is 9.59 Å². The molecule has 0 atom stereocenters. The zero-order chi connectivity index (χ0) is 15.2. The highest BCUT2D eigenvalue weighted by atomic mass is 16.2. The molecule has 6 nitrogen and oxygen atoms in total. The number of piperazine rings is 1. The molecule has 0 aromatic carbocycles. The van der Waals surface area contributed by atoms with Crippen molar-refractivity contribution in [2.45, 2.75) is 0 Å². The van der Waals surface area contributed by atoms with E-state index in [-0.39, 0.29) is 17.5 Å². The van der Waals surface area contributed by atoms with Crippen LogP contribution in [0.25, 0.3) is 0 Å². The molecule has 2 amide bonds. The second-order valence-corrected chi connectivity index (χ2v) is 5.02. The molecule has 0 spiro atoms. The molecule has 112 valence electrons. The average Bonchev–Trinajstić information content (AvgIpc) is 2.52. The van der Waals surface area contributed by atoms with Crippen LogP contribution in [0.5, 0.6) is 0 Å². The second-order valence-electron chi connectivity index (χ2n) is 5.02. The number of nitrogens with one attached hydrogen (secondary N) is 1. The van der Waals surface area contributed by atoms with Gasteiger partial charge >= 0.3 is 0 Å². The van der Waals surface area contributed by atoms with Crippen molar-refractivity contribution >= 4 is 11.8 Å². The minimum Gasteiger partial charge on any atom is -0.347 e. The van der Waals surface area contributed by atoms with Crippen LogP contribution in [0.3, 0.4) is 0 Å². The summed E-state index contributed by atoms with van der Waals surface area (Å²) in [6.45, 7) is 7.05. The predicted molar refractivity (Wildman–Crippen MR) is 80.2 cm³/mol. The average molecular weight is 288 g/mol. The van der Waals surface area contributed by atoms with E-state index in [0.29, 0.717) is 25.2 Å². The maximum absolute atomic E-state index is 12.4. The minimum absolute atomic E-state index is 0.0525. The molecule has 1 aliphatic rings. The first-order valence-corrected chi connectivity index (χ1v) is 6.95. The molecule has 1 saturated heterocycles. The molecular weight excluding hydrogens is 268 g/mol. The molecule has 2 rings (SSSR count). The van der Waals surface area contributed by atoms with Crippen LogP contribution >= 0.6 is 0 Å². The van der Waals surface area contributed by atoms with Crippen LogP contribution in [0, 0.1) is 0 Å². The standard InChI is InChI=1S/C15H20N4O2/c1-3-5-17-14(20)13-11-12(4-6-16-13)15(21)19-9-7-18(2)8-10-19/h3-4,6,11H,1,5,7-10H2,2H3,(H,17,20). The fourth-order valence-electron chi connectivity index (χ4n) is 2.14. The Morgan fingerprint density at radius 3 is 2.76 bits per heavy atom. The number of pyridine rings is 1. The summed E-state index contributed by atoms with van der Waals surface area (Å²) in [5.41, 5.74) is 0.745. The fourth-order valence-corrected chi connectivity index (χ4v) is 2.14. The summed E-state index contributed by atoms with van der Waals surface area (Å²) in [6, 6.07) is 3.18. The molecular formula is C15H20N4O2. The summed E-state index contributed by atoms with van der Waals surface area (Å²) < 4.78 is 0. The molecule has 1 fully saturated rings. The Kier molecular flexibility index (Phi) is 5.05.